The van der Waals surface area contributed by atoms with Crippen LogP contribution in [0.15, 0.2) is 11.8 Å². The second-order valence-electron chi connectivity index (χ2n) is 5.72. The first kappa shape index (κ1) is 15.8. The highest BCUT2D eigenvalue weighted by molar-refractivity contribution is 5.97. The van der Waals surface area contributed by atoms with E-state index >= 15 is 0 Å². The minimum Gasteiger partial charge on any atom is -0.374 e. The summed E-state index contributed by atoms with van der Waals surface area (Å²) in [5, 5.41) is 9.29. The lowest BCUT2D eigenvalue weighted by Crippen LogP contribution is -2.48. The molecule has 6 heteroatoms. The highest BCUT2D eigenvalue weighted by Crippen LogP contribution is 2.09. The van der Waals surface area contributed by atoms with Gasteiger partial charge in [-0.2, -0.15) is 5.26 Å². The molecule has 0 aromatic heterocycles. The van der Waals surface area contributed by atoms with Gasteiger partial charge < -0.3 is 19.6 Å². The molecule has 1 amide bonds. The van der Waals surface area contributed by atoms with Gasteiger partial charge in [0.1, 0.15) is 11.6 Å². The van der Waals surface area contributed by atoms with Crippen molar-refractivity contribution in [2.45, 2.75) is 6.92 Å². The average Bonchev–Trinajstić information content (AvgIpc) is 2.53. The second kappa shape index (κ2) is 7.43. The SMILES string of the molecule is CCN1CCN(/C=C(/C#N)C(=O)N2CCN(C)CC2)CC1. The van der Waals surface area contributed by atoms with Crippen molar-refractivity contribution in [2.24, 2.45) is 0 Å². The van der Waals surface area contributed by atoms with Crippen LogP contribution in [-0.2, 0) is 4.79 Å². The maximum atomic E-state index is 12.4. The minimum absolute atomic E-state index is 0.122. The van der Waals surface area contributed by atoms with Gasteiger partial charge in [0.05, 0.1) is 0 Å². The van der Waals surface area contributed by atoms with Gasteiger partial charge in [-0.05, 0) is 13.6 Å². The molecule has 2 aliphatic rings. The van der Waals surface area contributed by atoms with Crippen LogP contribution in [-0.4, -0.2) is 91.5 Å². The molecule has 21 heavy (non-hydrogen) atoms. The highest BCUT2D eigenvalue weighted by atomic mass is 16.2. The molecule has 2 fully saturated rings. The summed E-state index contributed by atoms with van der Waals surface area (Å²) in [4.78, 5) is 20.9. The molecule has 2 saturated heterocycles. The number of likely N-dealkylation sites (N-methyl/N-ethyl adjacent to an activating group) is 2. The molecule has 2 rings (SSSR count). The Labute approximate surface area is 127 Å². The van der Waals surface area contributed by atoms with Gasteiger partial charge in [-0.3, -0.25) is 4.79 Å². The molecule has 116 valence electrons. The first-order chi connectivity index (χ1) is 10.1. The Bertz CT molecular complexity index is 426. The number of carbonyl (C=O) groups excluding carboxylic acids is 1. The number of piperazine rings is 2. The maximum Gasteiger partial charge on any atom is 0.266 e. The third-order valence-electron chi connectivity index (χ3n) is 4.31. The van der Waals surface area contributed by atoms with Crippen molar-refractivity contribution >= 4 is 5.91 Å². The zero-order valence-electron chi connectivity index (χ0n) is 13.1. The van der Waals surface area contributed by atoms with E-state index in [2.05, 4.69) is 34.7 Å². The van der Waals surface area contributed by atoms with Crippen molar-refractivity contribution in [3.8, 4) is 6.07 Å². The number of hydrogen-bond acceptors (Lipinski definition) is 5. The Morgan fingerprint density at radius 1 is 1.10 bits per heavy atom. The Morgan fingerprint density at radius 2 is 1.71 bits per heavy atom. The van der Waals surface area contributed by atoms with E-state index in [9.17, 15) is 10.1 Å². The van der Waals surface area contributed by atoms with E-state index in [0.29, 0.717) is 13.1 Å². The molecule has 0 saturated carbocycles. The molecule has 0 aromatic rings. The van der Waals surface area contributed by atoms with Gasteiger partial charge in [0.2, 0.25) is 0 Å². The van der Waals surface area contributed by atoms with Crippen LogP contribution >= 0.6 is 0 Å². The van der Waals surface area contributed by atoms with Gasteiger partial charge in [-0.25, -0.2) is 0 Å². The van der Waals surface area contributed by atoms with Gasteiger partial charge in [-0.1, -0.05) is 6.92 Å². The van der Waals surface area contributed by atoms with Gasteiger partial charge in [-0.15, -0.1) is 0 Å². The number of rotatable bonds is 3. The molecule has 2 heterocycles. The van der Waals surface area contributed by atoms with Crippen LogP contribution in [0.1, 0.15) is 6.92 Å². The first-order valence-corrected chi connectivity index (χ1v) is 7.70. The van der Waals surface area contributed by atoms with Crippen molar-refractivity contribution < 1.29 is 4.79 Å². The summed E-state index contributed by atoms with van der Waals surface area (Å²) in [6, 6.07) is 2.08. The van der Waals surface area contributed by atoms with Crippen LogP contribution in [0.5, 0.6) is 0 Å². The highest BCUT2D eigenvalue weighted by Gasteiger charge is 2.23. The third-order valence-corrected chi connectivity index (χ3v) is 4.31. The summed E-state index contributed by atoms with van der Waals surface area (Å²) in [5.74, 6) is -0.122. The third kappa shape index (κ3) is 4.19. The fraction of sp³-hybridized carbons (Fsp3) is 0.733. The monoisotopic (exact) mass is 291 g/mol. The fourth-order valence-corrected chi connectivity index (χ4v) is 2.70. The average molecular weight is 291 g/mol. The van der Waals surface area contributed by atoms with Crippen LogP contribution < -0.4 is 0 Å². The number of hydrogen-bond donors (Lipinski definition) is 0. The number of nitrogens with zero attached hydrogens (tertiary/aromatic N) is 5. The van der Waals surface area contributed by atoms with Crippen LogP contribution in [0.2, 0.25) is 0 Å². The van der Waals surface area contributed by atoms with Gasteiger partial charge in [0.15, 0.2) is 0 Å². The lowest BCUT2D eigenvalue weighted by Gasteiger charge is -2.34. The minimum atomic E-state index is -0.122. The quantitative estimate of drug-likeness (QED) is 0.533. The molecule has 0 bridgehead atoms. The van der Waals surface area contributed by atoms with E-state index < -0.39 is 0 Å². The number of nitriles is 1. The van der Waals surface area contributed by atoms with Crippen LogP contribution in [0, 0.1) is 11.3 Å². The smallest absolute Gasteiger partial charge is 0.266 e. The van der Waals surface area contributed by atoms with E-state index in [1.807, 2.05) is 0 Å². The Hall–Kier alpha value is -1.58. The van der Waals surface area contributed by atoms with Crippen molar-refractivity contribution in [1.82, 2.24) is 19.6 Å². The van der Waals surface area contributed by atoms with Crippen molar-refractivity contribution in [3.63, 3.8) is 0 Å². The summed E-state index contributed by atoms with van der Waals surface area (Å²) in [6.45, 7) is 10.1. The Morgan fingerprint density at radius 3 is 2.24 bits per heavy atom. The van der Waals surface area contributed by atoms with Gasteiger partial charge in [0, 0.05) is 58.6 Å². The molecule has 0 spiro atoms. The Balaban J connectivity index is 1.94. The summed E-state index contributed by atoms with van der Waals surface area (Å²) in [7, 11) is 2.05. The summed E-state index contributed by atoms with van der Waals surface area (Å²) < 4.78 is 0. The molecular weight excluding hydrogens is 266 g/mol. The molecule has 0 atom stereocenters. The second-order valence-corrected chi connectivity index (χ2v) is 5.72. The first-order valence-electron chi connectivity index (χ1n) is 7.70. The maximum absolute atomic E-state index is 12.4. The molecule has 0 aromatic carbocycles. The summed E-state index contributed by atoms with van der Waals surface area (Å²) >= 11 is 0. The lowest BCUT2D eigenvalue weighted by molar-refractivity contribution is -0.128. The zero-order chi connectivity index (χ0) is 15.2. The van der Waals surface area contributed by atoms with Gasteiger partial charge in [0.25, 0.3) is 5.91 Å². The van der Waals surface area contributed by atoms with E-state index in [1.165, 1.54) is 0 Å². The molecule has 0 aliphatic carbocycles. The van der Waals surface area contributed by atoms with Gasteiger partial charge >= 0.3 is 0 Å². The van der Waals surface area contributed by atoms with Crippen molar-refractivity contribution in [2.75, 3.05) is 66.0 Å². The molecular formula is C15H25N5O. The standard InChI is InChI=1S/C15H25N5O/c1-3-18-6-8-19(9-7-18)13-14(12-16)15(21)20-10-4-17(2)5-11-20/h13H,3-11H2,1-2H3/b14-13-. The number of carbonyl (C=O) groups is 1. The molecule has 2 aliphatic heterocycles. The fourth-order valence-electron chi connectivity index (χ4n) is 2.70. The van der Waals surface area contributed by atoms with Crippen molar-refractivity contribution in [1.29, 1.82) is 5.26 Å². The molecule has 0 unspecified atom stereocenters. The van der Waals surface area contributed by atoms with E-state index in [1.54, 1.807) is 11.1 Å². The van der Waals surface area contributed by atoms with Crippen LogP contribution in [0.3, 0.4) is 0 Å². The molecule has 0 N–H and O–H groups in total. The summed E-state index contributed by atoms with van der Waals surface area (Å²) in [5.41, 5.74) is 0.268. The Kier molecular flexibility index (Phi) is 5.59. The molecule has 6 nitrogen and oxygen atoms in total. The summed E-state index contributed by atoms with van der Waals surface area (Å²) in [6.07, 6.45) is 1.76. The lowest BCUT2D eigenvalue weighted by atomic mass is 10.2. The largest absolute Gasteiger partial charge is 0.374 e. The van der Waals surface area contributed by atoms with Crippen LogP contribution in [0.25, 0.3) is 0 Å². The van der Waals surface area contributed by atoms with E-state index in [4.69, 9.17) is 0 Å². The topological polar surface area (TPSA) is 53.8 Å². The predicted molar refractivity (Wildman–Crippen MR) is 81.5 cm³/mol. The van der Waals surface area contributed by atoms with Crippen LogP contribution in [0.4, 0.5) is 0 Å². The normalized spacial score (nSPS) is 22.2. The number of amides is 1. The van der Waals surface area contributed by atoms with Crippen molar-refractivity contribution in [3.05, 3.63) is 11.8 Å². The van der Waals surface area contributed by atoms with E-state index in [0.717, 1.165) is 45.8 Å². The van der Waals surface area contributed by atoms with E-state index in [-0.39, 0.29) is 11.5 Å². The molecule has 0 radical (unpaired) electrons. The predicted octanol–water partition coefficient (Wildman–Crippen LogP) is -0.195. The zero-order valence-corrected chi connectivity index (χ0v) is 13.1.